The molecule has 0 saturated heterocycles. The molecule has 0 amide bonds. The lowest BCUT2D eigenvalue weighted by molar-refractivity contribution is 0.282. The molecule has 1 aromatic rings. The molecule has 12 heavy (non-hydrogen) atoms. The van der Waals surface area contributed by atoms with Gasteiger partial charge in [0.15, 0.2) is 0 Å². The minimum atomic E-state index is -0.135. The highest BCUT2D eigenvalue weighted by Gasteiger charge is 2.05. The highest BCUT2D eigenvalue weighted by atomic mass is 16.3. The van der Waals surface area contributed by atoms with E-state index in [1.54, 1.807) is 6.07 Å². The summed E-state index contributed by atoms with van der Waals surface area (Å²) >= 11 is 0. The van der Waals surface area contributed by atoms with E-state index in [4.69, 9.17) is 5.11 Å². The second kappa shape index (κ2) is 3.45. The van der Waals surface area contributed by atoms with Gasteiger partial charge < -0.3 is 5.11 Å². The monoisotopic (exact) mass is 165 g/mol. The lowest BCUT2D eigenvalue weighted by atomic mass is 10.1. The Kier molecular flexibility index (Phi) is 2.55. The Bertz CT molecular complexity index is 308. The van der Waals surface area contributed by atoms with Crippen molar-refractivity contribution in [3.8, 4) is 0 Å². The summed E-state index contributed by atoms with van der Waals surface area (Å²) in [6, 6.07) is 3.64. The molecule has 0 heterocycles. The van der Waals surface area contributed by atoms with Gasteiger partial charge in [-0.15, -0.1) is 4.91 Å². The molecule has 64 valence electrons. The van der Waals surface area contributed by atoms with Gasteiger partial charge in [-0.1, -0.05) is 17.7 Å². The molecule has 3 heteroatoms. The molecule has 0 spiro atoms. The SMILES string of the molecule is Cc1cc(C)c(N=O)c(CO)c1. The van der Waals surface area contributed by atoms with Gasteiger partial charge in [-0.2, -0.15) is 0 Å². The highest BCUT2D eigenvalue weighted by Crippen LogP contribution is 2.25. The van der Waals surface area contributed by atoms with Crippen LogP contribution in [-0.4, -0.2) is 5.11 Å². The van der Waals surface area contributed by atoms with Gasteiger partial charge in [0.1, 0.15) is 5.69 Å². The van der Waals surface area contributed by atoms with Crippen LogP contribution in [0.4, 0.5) is 5.69 Å². The van der Waals surface area contributed by atoms with Crippen LogP contribution in [0.5, 0.6) is 0 Å². The van der Waals surface area contributed by atoms with Crippen molar-refractivity contribution >= 4 is 5.69 Å². The number of hydrogen-bond acceptors (Lipinski definition) is 3. The van der Waals surface area contributed by atoms with E-state index in [2.05, 4.69) is 5.18 Å². The first-order valence-corrected chi connectivity index (χ1v) is 3.73. The Balaban J connectivity index is 3.33. The maximum atomic E-state index is 10.4. The average molecular weight is 165 g/mol. The van der Waals surface area contributed by atoms with Crippen LogP contribution in [0, 0.1) is 18.8 Å². The predicted octanol–water partition coefficient (Wildman–Crippen LogP) is 2.19. The number of aliphatic hydroxyl groups excluding tert-OH is 1. The Morgan fingerprint density at radius 3 is 2.58 bits per heavy atom. The summed E-state index contributed by atoms with van der Waals surface area (Å²) in [5, 5.41) is 11.8. The molecule has 0 aliphatic heterocycles. The Hall–Kier alpha value is -1.22. The summed E-state index contributed by atoms with van der Waals surface area (Å²) in [5.74, 6) is 0. The van der Waals surface area contributed by atoms with E-state index in [-0.39, 0.29) is 6.61 Å². The van der Waals surface area contributed by atoms with Gasteiger partial charge in [0.25, 0.3) is 0 Å². The van der Waals surface area contributed by atoms with Gasteiger partial charge in [-0.3, -0.25) is 0 Å². The van der Waals surface area contributed by atoms with Crippen molar-refractivity contribution in [2.75, 3.05) is 0 Å². The Morgan fingerprint density at radius 2 is 2.08 bits per heavy atom. The number of nitroso groups, excluding NO2 is 1. The second-order valence-corrected chi connectivity index (χ2v) is 2.84. The molecule has 0 bridgehead atoms. The summed E-state index contributed by atoms with van der Waals surface area (Å²) in [6.07, 6.45) is 0. The minimum Gasteiger partial charge on any atom is -0.392 e. The number of aliphatic hydroxyl groups is 1. The Labute approximate surface area is 71.0 Å². The largest absolute Gasteiger partial charge is 0.392 e. The van der Waals surface area contributed by atoms with E-state index in [1.807, 2.05) is 19.9 Å². The zero-order valence-corrected chi connectivity index (χ0v) is 7.16. The molecule has 0 fully saturated rings. The third kappa shape index (κ3) is 1.51. The summed E-state index contributed by atoms with van der Waals surface area (Å²) in [4.78, 5) is 10.4. The predicted molar refractivity (Wildman–Crippen MR) is 47.3 cm³/mol. The fourth-order valence-corrected chi connectivity index (χ4v) is 1.30. The molecule has 1 rings (SSSR count). The van der Waals surface area contributed by atoms with E-state index < -0.39 is 0 Å². The number of aryl methyl sites for hydroxylation is 2. The van der Waals surface area contributed by atoms with Crippen molar-refractivity contribution < 1.29 is 5.11 Å². The molecule has 0 atom stereocenters. The summed E-state index contributed by atoms with van der Waals surface area (Å²) in [5.41, 5.74) is 2.81. The zero-order valence-electron chi connectivity index (χ0n) is 7.16. The normalized spacial score (nSPS) is 9.92. The van der Waals surface area contributed by atoms with E-state index in [0.29, 0.717) is 11.3 Å². The summed E-state index contributed by atoms with van der Waals surface area (Å²) in [7, 11) is 0. The van der Waals surface area contributed by atoms with Gasteiger partial charge >= 0.3 is 0 Å². The molecular formula is C9H11NO2. The molecule has 0 aromatic heterocycles. The van der Waals surface area contributed by atoms with Gasteiger partial charge in [0, 0.05) is 5.56 Å². The quantitative estimate of drug-likeness (QED) is 0.683. The standard InChI is InChI=1S/C9H11NO2/c1-6-3-7(2)9(10-12)8(4-6)5-11/h3-4,11H,5H2,1-2H3. The van der Waals surface area contributed by atoms with Crippen molar-refractivity contribution in [1.82, 2.24) is 0 Å². The first kappa shape index (κ1) is 8.87. The third-order valence-corrected chi connectivity index (χ3v) is 1.79. The topological polar surface area (TPSA) is 49.7 Å². The van der Waals surface area contributed by atoms with E-state index in [0.717, 1.165) is 11.1 Å². The van der Waals surface area contributed by atoms with E-state index >= 15 is 0 Å². The van der Waals surface area contributed by atoms with Crippen LogP contribution in [0.15, 0.2) is 17.3 Å². The number of rotatable bonds is 2. The maximum absolute atomic E-state index is 10.4. The van der Waals surface area contributed by atoms with E-state index in [9.17, 15) is 4.91 Å². The highest BCUT2D eigenvalue weighted by molar-refractivity contribution is 5.53. The summed E-state index contributed by atoms with van der Waals surface area (Å²) in [6.45, 7) is 3.59. The van der Waals surface area contributed by atoms with Crippen LogP contribution in [0.25, 0.3) is 0 Å². The molecule has 0 unspecified atom stereocenters. The number of hydrogen-bond donors (Lipinski definition) is 1. The van der Waals surface area contributed by atoms with Crippen molar-refractivity contribution in [1.29, 1.82) is 0 Å². The van der Waals surface area contributed by atoms with Crippen LogP contribution in [0.1, 0.15) is 16.7 Å². The lowest BCUT2D eigenvalue weighted by Gasteiger charge is -2.04. The van der Waals surface area contributed by atoms with Crippen LogP contribution in [0.3, 0.4) is 0 Å². The van der Waals surface area contributed by atoms with Crippen LogP contribution in [-0.2, 0) is 6.61 Å². The zero-order chi connectivity index (χ0) is 9.14. The molecule has 0 aliphatic rings. The minimum absolute atomic E-state index is 0.135. The fraction of sp³-hybridized carbons (Fsp3) is 0.333. The molecule has 1 aromatic carbocycles. The molecule has 3 nitrogen and oxygen atoms in total. The van der Waals surface area contributed by atoms with Crippen molar-refractivity contribution in [2.45, 2.75) is 20.5 Å². The number of nitrogens with zero attached hydrogens (tertiary/aromatic N) is 1. The number of benzene rings is 1. The average Bonchev–Trinajstić information content (AvgIpc) is 2.03. The first-order chi connectivity index (χ1) is 5.69. The molecule has 1 N–H and O–H groups in total. The van der Waals surface area contributed by atoms with Gasteiger partial charge in [0.2, 0.25) is 0 Å². The Morgan fingerprint density at radius 1 is 1.42 bits per heavy atom. The molecule has 0 saturated carbocycles. The van der Waals surface area contributed by atoms with E-state index in [1.165, 1.54) is 0 Å². The van der Waals surface area contributed by atoms with Crippen molar-refractivity contribution in [3.05, 3.63) is 33.7 Å². The molecule has 0 aliphatic carbocycles. The van der Waals surface area contributed by atoms with Gasteiger partial charge in [-0.25, -0.2) is 0 Å². The van der Waals surface area contributed by atoms with Crippen LogP contribution >= 0.6 is 0 Å². The van der Waals surface area contributed by atoms with Crippen molar-refractivity contribution in [2.24, 2.45) is 5.18 Å². The smallest absolute Gasteiger partial charge is 0.116 e. The third-order valence-electron chi connectivity index (χ3n) is 1.79. The van der Waals surface area contributed by atoms with Gasteiger partial charge in [-0.05, 0) is 24.6 Å². The van der Waals surface area contributed by atoms with Crippen LogP contribution in [0.2, 0.25) is 0 Å². The summed E-state index contributed by atoms with van der Waals surface area (Å²) < 4.78 is 0. The second-order valence-electron chi connectivity index (χ2n) is 2.84. The van der Waals surface area contributed by atoms with Crippen molar-refractivity contribution in [3.63, 3.8) is 0 Å². The first-order valence-electron chi connectivity index (χ1n) is 3.73. The lowest BCUT2D eigenvalue weighted by Crippen LogP contribution is -1.88. The van der Waals surface area contributed by atoms with Crippen LogP contribution < -0.4 is 0 Å². The maximum Gasteiger partial charge on any atom is 0.116 e. The fourth-order valence-electron chi connectivity index (χ4n) is 1.30. The van der Waals surface area contributed by atoms with Gasteiger partial charge in [0.05, 0.1) is 6.61 Å². The molecular weight excluding hydrogens is 154 g/mol. The molecule has 0 radical (unpaired) electrons.